The highest BCUT2D eigenvalue weighted by molar-refractivity contribution is 6.31. The van der Waals surface area contributed by atoms with Crippen molar-refractivity contribution in [3.63, 3.8) is 0 Å². The Balaban J connectivity index is 2.59. The van der Waals surface area contributed by atoms with Crippen LogP contribution in [0.5, 0.6) is 5.75 Å². The van der Waals surface area contributed by atoms with Crippen LogP contribution in [0, 0.1) is 5.92 Å². The number of hydrogen-bond acceptors (Lipinski definition) is 3. The fraction of sp³-hybridized carbons (Fsp3) is 0.429. The summed E-state index contributed by atoms with van der Waals surface area (Å²) in [5.41, 5.74) is 4.98. The first-order valence-electron chi connectivity index (χ1n) is 6.36. The molecule has 110 valence electrons. The van der Waals surface area contributed by atoms with E-state index >= 15 is 0 Å². The number of amides is 2. The molecular formula is C14H19ClN2O3. The second kappa shape index (κ2) is 7.75. The second-order valence-corrected chi connectivity index (χ2v) is 5.22. The molecule has 0 aliphatic rings. The molecule has 0 aromatic heterocycles. The molecular weight excluding hydrogens is 280 g/mol. The van der Waals surface area contributed by atoms with Crippen LogP contribution in [0.2, 0.25) is 5.02 Å². The molecule has 0 saturated heterocycles. The predicted molar refractivity (Wildman–Crippen MR) is 77.7 cm³/mol. The molecule has 2 amide bonds. The van der Waals surface area contributed by atoms with Crippen LogP contribution in [0.4, 0.5) is 0 Å². The molecule has 0 radical (unpaired) electrons. The largest absolute Gasteiger partial charge is 0.496 e. The van der Waals surface area contributed by atoms with Crippen molar-refractivity contribution >= 4 is 23.4 Å². The van der Waals surface area contributed by atoms with Gasteiger partial charge in [-0.1, -0.05) is 25.4 Å². The summed E-state index contributed by atoms with van der Waals surface area (Å²) in [6.45, 7) is 4.06. The predicted octanol–water partition coefficient (Wildman–Crippen LogP) is 2.55. The van der Waals surface area contributed by atoms with Crippen molar-refractivity contribution in [3.05, 3.63) is 28.8 Å². The Labute approximate surface area is 123 Å². The summed E-state index contributed by atoms with van der Waals surface area (Å²) in [5, 5.41) is 0.419. The summed E-state index contributed by atoms with van der Waals surface area (Å²) in [4.78, 5) is 23.5. The molecule has 0 heterocycles. The lowest BCUT2D eigenvalue weighted by Gasteiger charge is -2.11. The van der Waals surface area contributed by atoms with Crippen molar-refractivity contribution < 1.29 is 14.3 Å². The summed E-state index contributed by atoms with van der Waals surface area (Å²) in [5.74, 6) is 0.128. The molecule has 0 saturated carbocycles. The number of methoxy groups -OCH3 is 1. The first kappa shape index (κ1) is 16.3. The highest BCUT2D eigenvalue weighted by Crippen LogP contribution is 2.22. The van der Waals surface area contributed by atoms with Gasteiger partial charge in [-0.3, -0.25) is 20.4 Å². The van der Waals surface area contributed by atoms with Gasteiger partial charge in [-0.15, -0.1) is 0 Å². The monoisotopic (exact) mass is 298 g/mol. The average Bonchev–Trinajstić information content (AvgIpc) is 2.42. The van der Waals surface area contributed by atoms with Crippen molar-refractivity contribution in [2.75, 3.05) is 7.11 Å². The van der Waals surface area contributed by atoms with Crippen molar-refractivity contribution in [1.82, 2.24) is 10.9 Å². The third-order valence-electron chi connectivity index (χ3n) is 2.67. The molecule has 20 heavy (non-hydrogen) atoms. The van der Waals surface area contributed by atoms with Crippen molar-refractivity contribution in [3.8, 4) is 5.75 Å². The molecule has 6 heteroatoms. The maximum Gasteiger partial charge on any atom is 0.273 e. The molecule has 1 aromatic carbocycles. The van der Waals surface area contributed by atoms with E-state index in [4.69, 9.17) is 16.3 Å². The number of ether oxygens (including phenoxy) is 1. The number of rotatable bonds is 5. The molecule has 0 aliphatic carbocycles. The minimum absolute atomic E-state index is 0.229. The second-order valence-electron chi connectivity index (χ2n) is 4.78. The topological polar surface area (TPSA) is 67.4 Å². The molecule has 0 bridgehead atoms. The van der Waals surface area contributed by atoms with Crippen LogP contribution >= 0.6 is 11.6 Å². The molecule has 0 atom stereocenters. The number of carbonyl (C=O) groups is 2. The van der Waals surface area contributed by atoms with Crippen LogP contribution in [0.25, 0.3) is 0 Å². The lowest BCUT2D eigenvalue weighted by atomic mass is 10.1. The summed E-state index contributed by atoms with van der Waals surface area (Å²) in [7, 11) is 1.46. The van der Waals surface area contributed by atoms with E-state index in [0.29, 0.717) is 23.1 Å². The molecule has 0 fully saturated rings. The summed E-state index contributed by atoms with van der Waals surface area (Å²) >= 11 is 5.84. The Bertz CT molecular complexity index is 489. The fourth-order valence-corrected chi connectivity index (χ4v) is 1.71. The Kier molecular flexibility index (Phi) is 6.31. The van der Waals surface area contributed by atoms with Crippen LogP contribution in [0.1, 0.15) is 37.0 Å². The van der Waals surface area contributed by atoms with Gasteiger partial charge in [0.25, 0.3) is 5.91 Å². The van der Waals surface area contributed by atoms with Crippen LogP contribution in [-0.4, -0.2) is 18.9 Å². The third kappa shape index (κ3) is 5.09. The Morgan fingerprint density at radius 1 is 1.30 bits per heavy atom. The standard InChI is InChI=1S/C14H19ClN2O3/c1-9(2)4-7-13(18)16-17-14(19)11-8-10(15)5-6-12(11)20-3/h5-6,8-9H,4,7H2,1-3H3,(H,16,18)(H,17,19). The van der Waals surface area contributed by atoms with E-state index in [2.05, 4.69) is 10.9 Å². The van der Waals surface area contributed by atoms with Gasteiger partial charge < -0.3 is 4.74 Å². The molecule has 2 N–H and O–H groups in total. The number of halogens is 1. The zero-order valence-electron chi connectivity index (χ0n) is 11.8. The van der Waals surface area contributed by atoms with E-state index in [-0.39, 0.29) is 11.5 Å². The van der Waals surface area contributed by atoms with Gasteiger partial charge in [0.1, 0.15) is 5.75 Å². The van der Waals surface area contributed by atoms with Gasteiger partial charge in [0.05, 0.1) is 12.7 Å². The normalized spacial score (nSPS) is 10.2. The quantitative estimate of drug-likeness (QED) is 0.821. The first-order valence-corrected chi connectivity index (χ1v) is 6.74. The number of nitrogens with one attached hydrogen (secondary N) is 2. The molecule has 5 nitrogen and oxygen atoms in total. The van der Waals surface area contributed by atoms with Gasteiger partial charge in [-0.05, 0) is 30.5 Å². The van der Waals surface area contributed by atoms with Crippen LogP contribution in [0.15, 0.2) is 18.2 Å². The van der Waals surface area contributed by atoms with Gasteiger partial charge >= 0.3 is 0 Å². The maximum absolute atomic E-state index is 12.0. The highest BCUT2D eigenvalue weighted by Gasteiger charge is 2.13. The van der Waals surface area contributed by atoms with Crippen LogP contribution in [0.3, 0.4) is 0 Å². The maximum atomic E-state index is 12.0. The van der Waals surface area contributed by atoms with Crippen molar-refractivity contribution in [2.24, 2.45) is 5.92 Å². The fourth-order valence-electron chi connectivity index (χ4n) is 1.53. The molecule has 0 aliphatic heterocycles. The van der Waals surface area contributed by atoms with E-state index in [1.54, 1.807) is 12.1 Å². The average molecular weight is 299 g/mol. The lowest BCUT2D eigenvalue weighted by Crippen LogP contribution is -2.41. The van der Waals surface area contributed by atoms with Gasteiger partial charge in [0, 0.05) is 11.4 Å². The van der Waals surface area contributed by atoms with Gasteiger partial charge in [0.2, 0.25) is 5.91 Å². The summed E-state index contributed by atoms with van der Waals surface area (Å²) in [6.07, 6.45) is 1.13. The number of hydrazine groups is 1. The number of hydrogen-bond donors (Lipinski definition) is 2. The van der Waals surface area contributed by atoms with Crippen LogP contribution < -0.4 is 15.6 Å². The van der Waals surface area contributed by atoms with E-state index in [1.807, 2.05) is 13.8 Å². The zero-order chi connectivity index (χ0) is 15.1. The highest BCUT2D eigenvalue weighted by atomic mass is 35.5. The number of benzene rings is 1. The number of carbonyl (C=O) groups excluding carboxylic acids is 2. The molecule has 1 aromatic rings. The van der Waals surface area contributed by atoms with Gasteiger partial charge in [0.15, 0.2) is 0 Å². The van der Waals surface area contributed by atoms with Gasteiger partial charge in [-0.2, -0.15) is 0 Å². The zero-order valence-corrected chi connectivity index (χ0v) is 12.6. The van der Waals surface area contributed by atoms with Crippen molar-refractivity contribution in [1.29, 1.82) is 0 Å². The van der Waals surface area contributed by atoms with Gasteiger partial charge in [-0.25, -0.2) is 0 Å². The van der Waals surface area contributed by atoms with E-state index in [1.165, 1.54) is 13.2 Å². The van der Waals surface area contributed by atoms with E-state index < -0.39 is 5.91 Å². The lowest BCUT2D eigenvalue weighted by molar-refractivity contribution is -0.122. The smallest absolute Gasteiger partial charge is 0.273 e. The van der Waals surface area contributed by atoms with Crippen molar-refractivity contribution in [2.45, 2.75) is 26.7 Å². The third-order valence-corrected chi connectivity index (χ3v) is 2.91. The summed E-state index contributed by atoms with van der Waals surface area (Å²) < 4.78 is 5.08. The molecule has 0 spiro atoms. The Morgan fingerprint density at radius 2 is 2.00 bits per heavy atom. The molecule has 1 rings (SSSR count). The first-order chi connectivity index (χ1) is 9.43. The Morgan fingerprint density at radius 3 is 2.60 bits per heavy atom. The van der Waals surface area contributed by atoms with Crippen LogP contribution in [-0.2, 0) is 4.79 Å². The van der Waals surface area contributed by atoms with E-state index in [9.17, 15) is 9.59 Å². The minimum Gasteiger partial charge on any atom is -0.496 e. The minimum atomic E-state index is -0.470. The summed E-state index contributed by atoms with van der Waals surface area (Å²) in [6, 6.07) is 4.70. The SMILES string of the molecule is COc1ccc(Cl)cc1C(=O)NNC(=O)CCC(C)C. The molecule has 0 unspecified atom stereocenters. The van der Waals surface area contributed by atoms with E-state index in [0.717, 1.165) is 6.42 Å². The Hall–Kier alpha value is -1.75.